The summed E-state index contributed by atoms with van der Waals surface area (Å²) >= 11 is 0. The van der Waals surface area contributed by atoms with E-state index in [4.69, 9.17) is 14.7 Å². The number of fused-ring (bicyclic) bond motifs is 1. The van der Waals surface area contributed by atoms with Crippen LogP contribution < -0.4 is 4.74 Å². The van der Waals surface area contributed by atoms with Crippen molar-refractivity contribution >= 4 is 6.08 Å². The largest absolute Gasteiger partial charge is 0.497 e. The molecule has 1 unspecified atom stereocenters. The molecular weight excluding hydrogens is 368 g/mol. The second-order valence-corrected chi connectivity index (χ2v) is 7.46. The molecule has 0 radical (unpaired) electrons. The third-order valence-corrected chi connectivity index (χ3v) is 5.55. The fourth-order valence-corrected chi connectivity index (χ4v) is 3.89. The molecule has 1 heterocycles. The van der Waals surface area contributed by atoms with E-state index in [0.717, 1.165) is 40.5 Å². The van der Waals surface area contributed by atoms with Crippen molar-refractivity contribution in [1.29, 1.82) is 0 Å². The first-order valence-electron chi connectivity index (χ1n) is 10.1. The number of rotatable bonds is 4. The van der Waals surface area contributed by atoms with Gasteiger partial charge in [0.05, 0.1) is 18.5 Å². The van der Waals surface area contributed by atoms with Gasteiger partial charge in [-0.1, -0.05) is 66.7 Å². The predicted octanol–water partition coefficient (Wildman–Crippen LogP) is 6.17. The van der Waals surface area contributed by atoms with Crippen LogP contribution in [-0.2, 0) is 6.42 Å². The molecule has 1 atom stereocenters. The van der Waals surface area contributed by atoms with Crippen LogP contribution in [0, 0.1) is 0 Å². The van der Waals surface area contributed by atoms with Gasteiger partial charge in [-0.25, -0.2) is 9.97 Å². The molecule has 3 aromatic carbocycles. The molecule has 5 rings (SSSR count). The maximum Gasteiger partial charge on any atom is 0.160 e. The summed E-state index contributed by atoms with van der Waals surface area (Å²) in [7, 11) is 1.68. The van der Waals surface area contributed by atoms with Gasteiger partial charge in [0, 0.05) is 17.0 Å². The highest BCUT2D eigenvalue weighted by molar-refractivity contribution is 5.66. The Labute approximate surface area is 176 Å². The third kappa shape index (κ3) is 3.62. The molecule has 1 aliphatic carbocycles. The van der Waals surface area contributed by atoms with Gasteiger partial charge in [0.15, 0.2) is 5.82 Å². The lowest BCUT2D eigenvalue weighted by molar-refractivity contribution is 0.415. The Morgan fingerprint density at radius 2 is 1.57 bits per heavy atom. The van der Waals surface area contributed by atoms with Gasteiger partial charge < -0.3 is 4.74 Å². The van der Waals surface area contributed by atoms with E-state index < -0.39 is 0 Å². The van der Waals surface area contributed by atoms with Crippen LogP contribution in [0.5, 0.6) is 5.75 Å². The van der Waals surface area contributed by atoms with Crippen LogP contribution in [0.3, 0.4) is 0 Å². The monoisotopic (exact) mass is 390 g/mol. The molecule has 4 aromatic rings. The lowest BCUT2D eigenvalue weighted by Crippen LogP contribution is -2.09. The number of hydrogen-bond donors (Lipinski definition) is 0. The van der Waals surface area contributed by atoms with Gasteiger partial charge in [0.2, 0.25) is 0 Å². The minimum atomic E-state index is 0.224. The smallest absolute Gasteiger partial charge is 0.160 e. The minimum Gasteiger partial charge on any atom is -0.497 e. The molecule has 3 heteroatoms. The zero-order valence-electron chi connectivity index (χ0n) is 16.8. The molecular formula is C27H22N2O. The Morgan fingerprint density at radius 3 is 2.37 bits per heavy atom. The van der Waals surface area contributed by atoms with Crippen LogP contribution in [0.15, 0.2) is 91.0 Å². The average molecular weight is 390 g/mol. The lowest BCUT2D eigenvalue weighted by atomic mass is 9.87. The van der Waals surface area contributed by atoms with Gasteiger partial charge in [0.1, 0.15) is 5.75 Å². The Hall–Kier alpha value is -3.72. The average Bonchev–Trinajstić information content (AvgIpc) is 2.84. The van der Waals surface area contributed by atoms with Crippen molar-refractivity contribution in [2.45, 2.75) is 12.3 Å². The maximum absolute atomic E-state index is 5.31. The number of allylic oxidation sites excluding steroid dienone is 1. The van der Waals surface area contributed by atoms with Crippen LogP contribution in [0.2, 0.25) is 0 Å². The first kappa shape index (κ1) is 18.3. The highest BCUT2D eigenvalue weighted by Gasteiger charge is 2.19. The Morgan fingerprint density at radius 1 is 0.800 bits per heavy atom. The van der Waals surface area contributed by atoms with E-state index in [-0.39, 0.29) is 5.92 Å². The molecule has 30 heavy (non-hydrogen) atoms. The number of aromatic nitrogens is 2. The van der Waals surface area contributed by atoms with Gasteiger partial charge in [0.25, 0.3) is 0 Å². The summed E-state index contributed by atoms with van der Waals surface area (Å²) in [5, 5.41) is 0. The van der Waals surface area contributed by atoms with Crippen LogP contribution in [0.1, 0.15) is 22.7 Å². The summed E-state index contributed by atoms with van der Waals surface area (Å²) in [4.78, 5) is 9.86. The summed E-state index contributed by atoms with van der Waals surface area (Å²) in [5.41, 5.74) is 6.69. The fourth-order valence-electron chi connectivity index (χ4n) is 3.89. The van der Waals surface area contributed by atoms with E-state index in [9.17, 15) is 0 Å². The molecule has 0 bridgehead atoms. The molecule has 0 saturated heterocycles. The zero-order chi connectivity index (χ0) is 20.3. The van der Waals surface area contributed by atoms with E-state index in [1.54, 1.807) is 7.11 Å². The second-order valence-electron chi connectivity index (χ2n) is 7.46. The Balaban J connectivity index is 1.60. The van der Waals surface area contributed by atoms with Crippen LogP contribution in [0.25, 0.3) is 28.7 Å². The summed E-state index contributed by atoms with van der Waals surface area (Å²) in [6.07, 6.45) is 5.41. The molecule has 3 nitrogen and oxygen atoms in total. The zero-order valence-corrected chi connectivity index (χ0v) is 16.8. The van der Waals surface area contributed by atoms with Crippen LogP contribution in [-0.4, -0.2) is 17.1 Å². The van der Waals surface area contributed by atoms with Crippen molar-refractivity contribution in [2.75, 3.05) is 7.11 Å². The van der Waals surface area contributed by atoms with Crippen LogP contribution >= 0.6 is 0 Å². The van der Waals surface area contributed by atoms with E-state index in [1.807, 2.05) is 42.5 Å². The fraction of sp³-hybridized carbons (Fsp3) is 0.111. The van der Waals surface area contributed by atoms with Gasteiger partial charge in [-0.05, 0) is 47.9 Å². The summed E-state index contributed by atoms with van der Waals surface area (Å²) in [6.45, 7) is 0. The van der Waals surface area contributed by atoms with Crippen molar-refractivity contribution in [3.05, 3.63) is 108 Å². The van der Waals surface area contributed by atoms with Crippen molar-refractivity contribution < 1.29 is 4.74 Å². The molecule has 0 amide bonds. The molecule has 0 spiro atoms. The Bertz CT molecular complexity index is 1200. The molecule has 0 saturated carbocycles. The summed E-state index contributed by atoms with van der Waals surface area (Å²) < 4.78 is 5.31. The third-order valence-electron chi connectivity index (χ3n) is 5.55. The van der Waals surface area contributed by atoms with Gasteiger partial charge in [-0.2, -0.15) is 0 Å². The lowest BCUT2D eigenvalue weighted by Gasteiger charge is -2.20. The van der Waals surface area contributed by atoms with Crippen molar-refractivity contribution in [2.24, 2.45) is 0 Å². The quantitative estimate of drug-likeness (QED) is 0.418. The maximum atomic E-state index is 5.31. The topological polar surface area (TPSA) is 35.0 Å². The first-order chi connectivity index (χ1) is 14.8. The summed E-state index contributed by atoms with van der Waals surface area (Å²) in [5.74, 6) is 1.82. The number of hydrogen-bond acceptors (Lipinski definition) is 3. The normalized spacial score (nSPS) is 14.9. The molecule has 146 valence electrons. The van der Waals surface area contributed by atoms with Crippen molar-refractivity contribution in [3.63, 3.8) is 0 Å². The van der Waals surface area contributed by atoms with Crippen LogP contribution in [0.4, 0.5) is 0 Å². The molecule has 1 aromatic heterocycles. The Kier molecular flexibility index (Phi) is 4.86. The molecule has 1 aliphatic rings. The van der Waals surface area contributed by atoms with E-state index in [1.165, 1.54) is 11.1 Å². The van der Waals surface area contributed by atoms with E-state index in [0.29, 0.717) is 0 Å². The predicted molar refractivity (Wildman–Crippen MR) is 121 cm³/mol. The van der Waals surface area contributed by atoms with Gasteiger partial charge in [-0.15, -0.1) is 0 Å². The number of ether oxygens (including phenoxy) is 1. The summed E-state index contributed by atoms with van der Waals surface area (Å²) in [6, 6.07) is 28.9. The second kappa shape index (κ2) is 7.96. The highest BCUT2D eigenvalue weighted by atomic mass is 16.5. The first-order valence-corrected chi connectivity index (χ1v) is 10.1. The number of nitrogens with zero attached hydrogens (tertiary/aromatic N) is 2. The SMILES string of the molecule is COc1ccc(-c2cc(C3C=Cc4ccccc4C3)nc(-c3ccccc3)n2)cc1. The van der Waals surface area contributed by atoms with Gasteiger partial charge in [-0.3, -0.25) is 0 Å². The molecule has 0 N–H and O–H groups in total. The molecule has 0 fully saturated rings. The minimum absolute atomic E-state index is 0.224. The van der Waals surface area contributed by atoms with Crippen molar-refractivity contribution in [1.82, 2.24) is 9.97 Å². The number of benzene rings is 3. The standard InChI is InChI=1S/C27H22N2O/c1-30-24-15-13-20(14-16-24)25-18-26(29-27(28-25)21-8-3-2-4-9-21)23-12-11-19-7-5-6-10-22(19)17-23/h2-16,18,23H,17H2,1H3. The van der Waals surface area contributed by atoms with Crippen molar-refractivity contribution in [3.8, 4) is 28.4 Å². The van der Waals surface area contributed by atoms with E-state index >= 15 is 0 Å². The van der Waals surface area contributed by atoms with E-state index in [2.05, 4.69) is 54.6 Å². The highest BCUT2D eigenvalue weighted by Crippen LogP contribution is 2.32. The molecule has 0 aliphatic heterocycles. The van der Waals surface area contributed by atoms with Gasteiger partial charge >= 0.3 is 0 Å². The number of methoxy groups -OCH3 is 1.